The highest BCUT2D eigenvalue weighted by Gasteiger charge is 2.30. The van der Waals surface area contributed by atoms with Gasteiger partial charge in [0.05, 0.1) is 5.56 Å². The van der Waals surface area contributed by atoms with Gasteiger partial charge in [-0.2, -0.15) is 0 Å². The van der Waals surface area contributed by atoms with Crippen molar-refractivity contribution in [3.05, 3.63) is 28.5 Å². The van der Waals surface area contributed by atoms with Crippen molar-refractivity contribution in [1.82, 2.24) is 20.1 Å². The molecule has 1 aromatic rings. The smallest absolute Gasteiger partial charge is 0.407 e. The molecule has 0 spiro atoms. The molecule has 3 amide bonds. The lowest BCUT2D eigenvalue weighted by molar-refractivity contribution is -0.119. The van der Waals surface area contributed by atoms with Crippen LogP contribution < -0.4 is 5.32 Å². The molecule has 2 aliphatic rings. The fourth-order valence-electron chi connectivity index (χ4n) is 3.01. The molecule has 1 saturated heterocycles. The van der Waals surface area contributed by atoms with Gasteiger partial charge in [-0.15, -0.1) is 0 Å². The van der Waals surface area contributed by atoms with Crippen molar-refractivity contribution in [3.63, 3.8) is 0 Å². The highest BCUT2D eigenvalue weighted by Crippen LogP contribution is 2.24. The van der Waals surface area contributed by atoms with Gasteiger partial charge in [-0.1, -0.05) is 11.6 Å². The number of rotatable bonds is 5. The summed E-state index contributed by atoms with van der Waals surface area (Å²) in [5.41, 5.74) is 1.30. The van der Waals surface area contributed by atoms with Gasteiger partial charge in [-0.25, -0.2) is 9.78 Å². The predicted molar refractivity (Wildman–Crippen MR) is 84.8 cm³/mol. The predicted octanol–water partition coefficient (Wildman–Crippen LogP) is 0.949. The molecule has 3 rings (SSSR count). The zero-order chi connectivity index (χ0) is 17.3. The van der Waals surface area contributed by atoms with E-state index in [1.54, 1.807) is 11.0 Å². The second-order valence-electron chi connectivity index (χ2n) is 5.92. The van der Waals surface area contributed by atoms with Gasteiger partial charge >= 0.3 is 6.09 Å². The van der Waals surface area contributed by atoms with Crippen LogP contribution in [0.15, 0.2) is 12.3 Å². The number of hydrogen-bond acceptors (Lipinski definition) is 4. The number of aromatic nitrogens is 1. The summed E-state index contributed by atoms with van der Waals surface area (Å²) in [4.78, 5) is 41.6. The van der Waals surface area contributed by atoms with Crippen molar-refractivity contribution in [3.8, 4) is 0 Å². The summed E-state index contributed by atoms with van der Waals surface area (Å²) in [6.07, 6.45) is 1.43. The molecule has 8 nitrogen and oxygen atoms in total. The number of carbonyl (C=O) groups excluding carboxylic acids is 2. The minimum atomic E-state index is -1.06. The number of fused-ring (bicyclic) bond motifs is 1. The maximum Gasteiger partial charge on any atom is 0.407 e. The van der Waals surface area contributed by atoms with E-state index in [4.69, 9.17) is 11.6 Å². The standard InChI is InChI=1S/C15H17ClN4O4/c16-12-5-9-7-19(14(22)11(9)6-17-12)3-4-20(15(23)24)8-10-1-2-13(21)18-10/h5-6,10H,1-4,7-8H2,(H,18,21)(H,23,24)/t10-/m0/s1. The molecule has 0 radical (unpaired) electrons. The van der Waals surface area contributed by atoms with Gasteiger partial charge in [0.15, 0.2) is 0 Å². The minimum Gasteiger partial charge on any atom is -0.465 e. The first-order chi connectivity index (χ1) is 11.4. The van der Waals surface area contributed by atoms with Gasteiger partial charge < -0.3 is 20.2 Å². The van der Waals surface area contributed by atoms with E-state index in [-0.39, 0.29) is 37.5 Å². The lowest BCUT2D eigenvalue weighted by atomic mass is 10.2. The first-order valence-corrected chi connectivity index (χ1v) is 8.03. The van der Waals surface area contributed by atoms with Crippen LogP contribution in [0, 0.1) is 0 Å². The maximum atomic E-state index is 12.3. The number of nitrogens with one attached hydrogen (secondary N) is 1. The molecule has 0 unspecified atom stereocenters. The van der Waals surface area contributed by atoms with Gasteiger partial charge in [0, 0.05) is 44.8 Å². The largest absolute Gasteiger partial charge is 0.465 e. The summed E-state index contributed by atoms with van der Waals surface area (Å²) >= 11 is 5.83. The van der Waals surface area contributed by atoms with E-state index >= 15 is 0 Å². The quantitative estimate of drug-likeness (QED) is 0.768. The highest BCUT2D eigenvalue weighted by molar-refractivity contribution is 6.29. The van der Waals surface area contributed by atoms with Crippen LogP contribution in [0.5, 0.6) is 0 Å². The van der Waals surface area contributed by atoms with E-state index in [2.05, 4.69) is 10.3 Å². The maximum absolute atomic E-state index is 12.3. The molecule has 3 heterocycles. The number of carbonyl (C=O) groups is 3. The molecule has 0 aliphatic carbocycles. The molecule has 1 atom stereocenters. The topological polar surface area (TPSA) is 103 Å². The van der Waals surface area contributed by atoms with Crippen molar-refractivity contribution in [2.75, 3.05) is 19.6 Å². The van der Waals surface area contributed by atoms with Gasteiger partial charge in [0.2, 0.25) is 5.91 Å². The molecule has 2 N–H and O–H groups in total. The van der Waals surface area contributed by atoms with Crippen LogP contribution in [0.4, 0.5) is 4.79 Å². The molecule has 9 heteroatoms. The van der Waals surface area contributed by atoms with Crippen LogP contribution in [0.2, 0.25) is 5.15 Å². The Morgan fingerprint density at radius 1 is 1.50 bits per heavy atom. The molecule has 24 heavy (non-hydrogen) atoms. The normalized spacial score (nSPS) is 19.4. The number of amides is 3. The van der Waals surface area contributed by atoms with E-state index in [0.29, 0.717) is 30.1 Å². The molecular formula is C15H17ClN4O4. The van der Waals surface area contributed by atoms with Crippen LogP contribution in [0.1, 0.15) is 28.8 Å². The molecule has 128 valence electrons. The average Bonchev–Trinajstić information content (AvgIpc) is 3.07. The molecule has 0 saturated carbocycles. The highest BCUT2D eigenvalue weighted by atomic mass is 35.5. The first-order valence-electron chi connectivity index (χ1n) is 7.65. The zero-order valence-electron chi connectivity index (χ0n) is 12.9. The van der Waals surface area contributed by atoms with Crippen molar-refractivity contribution < 1.29 is 19.5 Å². The number of pyridine rings is 1. The van der Waals surface area contributed by atoms with Gasteiger partial charge in [-0.05, 0) is 18.1 Å². The Balaban J connectivity index is 1.58. The van der Waals surface area contributed by atoms with Crippen LogP contribution in [-0.4, -0.2) is 63.5 Å². The summed E-state index contributed by atoms with van der Waals surface area (Å²) in [5.74, 6) is -0.228. The number of carboxylic acid groups (broad SMARTS) is 1. The monoisotopic (exact) mass is 352 g/mol. The molecule has 1 aromatic heterocycles. The second-order valence-corrected chi connectivity index (χ2v) is 6.31. The molecule has 1 fully saturated rings. The lowest BCUT2D eigenvalue weighted by Gasteiger charge is -2.25. The minimum absolute atomic E-state index is 0.0557. The third kappa shape index (κ3) is 3.43. The Morgan fingerprint density at radius 3 is 2.96 bits per heavy atom. The Hall–Kier alpha value is -2.35. The summed E-state index contributed by atoms with van der Waals surface area (Å²) in [7, 11) is 0. The summed E-state index contributed by atoms with van der Waals surface area (Å²) < 4.78 is 0. The molecule has 2 aliphatic heterocycles. The Labute approximate surface area is 143 Å². The summed E-state index contributed by atoms with van der Waals surface area (Å²) in [6.45, 7) is 1.08. The van der Waals surface area contributed by atoms with E-state index in [1.165, 1.54) is 11.1 Å². The number of nitrogens with zero attached hydrogens (tertiary/aromatic N) is 3. The molecule has 0 bridgehead atoms. The van der Waals surface area contributed by atoms with Crippen LogP contribution >= 0.6 is 11.6 Å². The summed E-state index contributed by atoms with van der Waals surface area (Å²) in [6, 6.07) is 1.49. The summed E-state index contributed by atoms with van der Waals surface area (Å²) in [5, 5.41) is 12.4. The Kier molecular flexibility index (Phi) is 4.57. The molecular weight excluding hydrogens is 336 g/mol. The third-order valence-electron chi connectivity index (χ3n) is 4.27. The Bertz CT molecular complexity index is 696. The SMILES string of the molecule is O=C1CC[C@@H](CN(CCN2Cc3cc(Cl)ncc3C2=O)C(=O)O)N1. The van der Waals surface area contributed by atoms with Crippen molar-refractivity contribution in [2.45, 2.75) is 25.4 Å². The van der Waals surface area contributed by atoms with E-state index < -0.39 is 6.09 Å². The van der Waals surface area contributed by atoms with E-state index in [9.17, 15) is 19.5 Å². The van der Waals surface area contributed by atoms with Crippen LogP contribution in [0.3, 0.4) is 0 Å². The van der Waals surface area contributed by atoms with Crippen LogP contribution in [0.25, 0.3) is 0 Å². The van der Waals surface area contributed by atoms with Gasteiger partial charge in [-0.3, -0.25) is 9.59 Å². The number of hydrogen-bond donors (Lipinski definition) is 2. The fraction of sp³-hybridized carbons (Fsp3) is 0.467. The van der Waals surface area contributed by atoms with Crippen LogP contribution in [-0.2, 0) is 11.3 Å². The van der Waals surface area contributed by atoms with Gasteiger partial charge in [0.25, 0.3) is 5.91 Å². The van der Waals surface area contributed by atoms with E-state index in [1.807, 2.05) is 0 Å². The van der Waals surface area contributed by atoms with Crippen molar-refractivity contribution in [1.29, 1.82) is 0 Å². The zero-order valence-corrected chi connectivity index (χ0v) is 13.6. The third-order valence-corrected chi connectivity index (χ3v) is 4.48. The van der Waals surface area contributed by atoms with Crippen molar-refractivity contribution in [2.24, 2.45) is 0 Å². The fourth-order valence-corrected chi connectivity index (χ4v) is 3.19. The average molecular weight is 353 g/mol. The first kappa shape index (κ1) is 16.5. The molecule has 0 aromatic carbocycles. The van der Waals surface area contributed by atoms with E-state index in [0.717, 1.165) is 5.56 Å². The lowest BCUT2D eigenvalue weighted by Crippen LogP contribution is -2.44. The Morgan fingerprint density at radius 2 is 2.29 bits per heavy atom. The van der Waals surface area contributed by atoms with Crippen molar-refractivity contribution >= 4 is 29.5 Å². The number of halogens is 1. The second kappa shape index (κ2) is 6.64. The van der Waals surface area contributed by atoms with Gasteiger partial charge in [0.1, 0.15) is 5.15 Å².